The van der Waals surface area contributed by atoms with Crippen LogP contribution >= 0.6 is 0 Å². The Hall–Kier alpha value is -2.97. The summed E-state index contributed by atoms with van der Waals surface area (Å²) in [5.74, 6) is 0.410. The molecule has 0 heterocycles. The molecule has 1 aliphatic carbocycles. The fourth-order valence-electron chi connectivity index (χ4n) is 4.92. The number of aliphatic hydroxyl groups excluding tert-OH is 2. The van der Waals surface area contributed by atoms with Crippen LogP contribution in [0.1, 0.15) is 63.5 Å². The van der Waals surface area contributed by atoms with Crippen LogP contribution in [0.25, 0.3) is 0 Å². The Morgan fingerprint density at radius 2 is 1.45 bits per heavy atom. The van der Waals surface area contributed by atoms with Crippen LogP contribution in [-0.4, -0.2) is 69.4 Å². The second kappa shape index (κ2) is 12.7. The van der Waals surface area contributed by atoms with Gasteiger partial charge in [0.25, 0.3) is 0 Å². The number of anilines is 1. The Morgan fingerprint density at radius 1 is 0.895 bits per heavy atom. The van der Waals surface area contributed by atoms with Gasteiger partial charge in [-0.15, -0.1) is 0 Å². The number of nitrogens with zero attached hydrogens (tertiary/aromatic N) is 1. The lowest BCUT2D eigenvalue weighted by molar-refractivity contribution is -0.154. The summed E-state index contributed by atoms with van der Waals surface area (Å²) in [5.41, 5.74) is 2.19. The number of carbonyl (C=O) groups is 1. The minimum absolute atomic E-state index is 0.158. The molecule has 2 aromatic carbocycles. The zero-order valence-electron chi connectivity index (χ0n) is 23.7. The maximum Gasteiger partial charge on any atom is 0.311 e. The van der Waals surface area contributed by atoms with Crippen molar-refractivity contribution in [1.82, 2.24) is 0 Å². The van der Waals surface area contributed by atoms with E-state index in [1.54, 1.807) is 26.4 Å². The monoisotopic (exact) mass is 529 g/mol. The van der Waals surface area contributed by atoms with Crippen molar-refractivity contribution in [2.75, 3.05) is 45.9 Å². The molecular weight excluding hydrogens is 486 g/mol. The summed E-state index contributed by atoms with van der Waals surface area (Å²) in [4.78, 5) is 14.4. The number of carbonyl (C=O) groups excluding carboxylic acids is 1. The lowest BCUT2D eigenvalue weighted by atomic mass is 9.63. The van der Waals surface area contributed by atoms with Crippen molar-refractivity contribution in [1.29, 1.82) is 0 Å². The molecule has 2 atom stereocenters. The van der Waals surface area contributed by atoms with Gasteiger partial charge in [0.1, 0.15) is 0 Å². The highest BCUT2D eigenvalue weighted by atomic mass is 16.5. The molecule has 2 aromatic rings. The highest BCUT2D eigenvalue weighted by molar-refractivity contribution is 5.75. The van der Waals surface area contributed by atoms with Crippen LogP contribution in [0.5, 0.6) is 17.2 Å². The largest absolute Gasteiger partial charge is 0.493 e. The molecule has 0 aromatic heterocycles. The highest BCUT2D eigenvalue weighted by Gasteiger charge is 2.50. The first kappa shape index (κ1) is 29.6. The van der Waals surface area contributed by atoms with E-state index in [1.807, 2.05) is 45.0 Å². The van der Waals surface area contributed by atoms with E-state index >= 15 is 0 Å². The maximum atomic E-state index is 12.2. The quantitative estimate of drug-likeness (QED) is 0.289. The van der Waals surface area contributed by atoms with Crippen LogP contribution in [0.3, 0.4) is 0 Å². The predicted molar refractivity (Wildman–Crippen MR) is 148 cm³/mol. The summed E-state index contributed by atoms with van der Waals surface area (Å²) in [6, 6.07) is 11.5. The van der Waals surface area contributed by atoms with Crippen molar-refractivity contribution in [3.63, 3.8) is 0 Å². The van der Waals surface area contributed by atoms with E-state index in [4.69, 9.17) is 18.9 Å². The van der Waals surface area contributed by atoms with Crippen molar-refractivity contribution in [2.45, 2.75) is 64.6 Å². The van der Waals surface area contributed by atoms with E-state index in [0.717, 1.165) is 42.7 Å². The molecule has 0 saturated heterocycles. The third kappa shape index (κ3) is 6.02. The lowest BCUT2D eigenvalue weighted by Crippen LogP contribution is -2.51. The summed E-state index contributed by atoms with van der Waals surface area (Å²) in [5, 5.41) is 22.1. The fourth-order valence-corrected chi connectivity index (χ4v) is 4.92. The highest BCUT2D eigenvalue weighted by Crippen LogP contribution is 2.51. The van der Waals surface area contributed by atoms with E-state index in [2.05, 4.69) is 11.8 Å². The lowest BCUT2D eigenvalue weighted by Gasteiger charge is -2.47. The number of rotatable bonds is 13. The molecule has 2 N–H and O–H groups in total. The van der Waals surface area contributed by atoms with Gasteiger partial charge in [-0.1, -0.05) is 19.1 Å². The van der Waals surface area contributed by atoms with Crippen LogP contribution in [0.15, 0.2) is 36.4 Å². The zero-order chi connectivity index (χ0) is 28.0. The van der Waals surface area contributed by atoms with Crippen molar-refractivity contribution in [2.24, 2.45) is 5.41 Å². The maximum absolute atomic E-state index is 12.2. The van der Waals surface area contributed by atoms with Crippen LogP contribution < -0.4 is 19.1 Å². The molecule has 0 amide bonds. The van der Waals surface area contributed by atoms with Gasteiger partial charge in [-0.3, -0.25) is 4.79 Å². The number of aliphatic hydroxyl groups is 2. The van der Waals surface area contributed by atoms with E-state index in [1.165, 1.54) is 7.11 Å². The number of hydrogen-bond donors (Lipinski definition) is 2. The molecule has 1 fully saturated rings. The zero-order valence-corrected chi connectivity index (χ0v) is 23.7. The minimum atomic E-state index is -0.761. The van der Waals surface area contributed by atoms with Gasteiger partial charge in [-0.25, -0.2) is 0 Å². The molecular formula is C30H43NO7. The van der Waals surface area contributed by atoms with Gasteiger partial charge in [0.2, 0.25) is 5.75 Å². The van der Waals surface area contributed by atoms with E-state index in [0.29, 0.717) is 23.9 Å². The SMILES string of the molecule is CCN(CCCOC(=O)C(C)(C)CC)c1ccc(C2C(O)C(c3cc(OC)c(OC)c(OC)c3)C2O)cc1. The summed E-state index contributed by atoms with van der Waals surface area (Å²) in [6.07, 6.45) is -0.0455. The number of methoxy groups -OCH3 is 3. The Kier molecular flexibility index (Phi) is 9.90. The van der Waals surface area contributed by atoms with Crippen molar-refractivity contribution in [3.8, 4) is 17.2 Å². The van der Waals surface area contributed by atoms with Crippen molar-refractivity contribution in [3.05, 3.63) is 47.5 Å². The van der Waals surface area contributed by atoms with Crippen molar-refractivity contribution >= 4 is 11.7 Å². The number of hydrogen-bond acceptors (Lipinski definition) is 8. The third-order valence-corrected chi connectivity index (χ3v) is 7.81. The molecule has 8 heteroatoms. The molecule has 38 heavy (non-hydrogen) atoms. The first-order chi connectivity index (χ1) is 18.1. The van der Waals surface area contributed by atoms with Gasteiger partial charge >= 0.3 is 5.97 Å². The molecule has 210 valence electrons. The predicted octanol–water partition coefficient (Wildman–Crippen LogP) is 4.51. The van der Waals surface area contributed by atoms with E-state index in [9.17, 15) is 15.0 Å². The molecule has 0 bridgehead atoms. The topological polar surface area (TPSA) is 97.7 Å². The second-order valence-electron chi connectivity index (χ2n) is 10.4. The fraction of sp³-hybridized carbons (Fsp3) is 0.567. The molecule has 0 spiro atoms. The third-order valence-electron chi connectivity index (χ3n) is 7.81. The number of benzene rings is 2. The Labute approximate surface area is 226 Å². The van der Waals surface area contributed by atoms with E-state index < -0.39 is 29.5 Å². The average Bonchev–Trinajstić information content (AvgIpc) is 2.92. The Balaban J connectivity index is 1.64. The van der Waals surface area contributed by atoms with Crippen LogP contribution in [0, 0.1) is 5.41 Å². The summed E-state index contributed by atoms with van der Waals surface area (Å²) in [7, 11) is 4.62. The Morgan fingerprint density at radius 3 is 1.92 bits per heavy atom. The molecule has 1 saturated carbocycles. The molecule has 0 radical (unpaired) electrons. The van der Waals surface area contributed by atoms with Gasteiger partial charge in [0.05, 0.1) is 45.6 Å². The smallest absolute Gasteiger partial charge is 0.311 e. The normalized spacial score (nSPS) is 20.9. The number of esters is 1. The summed E-state index contributed by atoms with van der Waals surface area (Å²) in [6.45, 7) is 9.83. The van der Waals surface area contributed by atoms with E-state index in [-0.39, 0.29) is 5.97 Å². The van der Waals surface area contributed by atoms with Crippen LogP contribution in [0.4, 0.5) is 5.69 Å². The molecule has 8 nitrogen and oxygen atoms in total. The second-order valence-corrected chi connectivity index (χ2v) is 10.4. The first-order valence-electron chi connectivity index (χ1n) is 13.3. The van der Waals surface area contributed by atoms with Crippen LogP contribution in [0.2, 0.25) is 0 Å². The average molecular weight is 530 g/mol. The van der Waals surface area contributed by atoms with Gasteiger partial charge in [0.15, 0.2) is 11.5 Å². The standard InChI is InChI=1S/C30H43NO7/c1-8-30(3,4)29(34)38-16-10-15-31(9-2)21-13-11-19(12-14-21)24-26(32)25(27(24)33)20-17-22(35-5)28(37-7)23(18-20)36-6/h11-14,17-18,24-27,32-33H,8-10,15-16H2,1-7H3. The van der Waals surface area contributed by atoms with Crippen LogP contribution in [-0.2, 0) is 9.53 Å². The minimum Gasteiger partial charge on any atom is -0.493 e. The van der Waals surface area contributed by atoms with Gasteiger partial charge < -0.3 is 34.1 Å². The summed E-state index contributed by atoms with van der Waals surface area (Å²) >= 11 is 0. The van der Waals surface area contributed by atoms with Gasteiger partial charge in [-0.2, -0.15) is 0 Å². The molecule has 2 unspecified atom stereocenters. The summed E-state index contributed by atoms with van der Waals surface area (Å²) < 4.78 is 21.7. The number of ether oxygens (including phenoxy) is 4. The van der Waals surface area contributed by atoms with Gasteiger partial charge in [-0.05, 0) is 69.0 Å². The van der Waals surface area contributed by atoms with Crippen molar-refractivity contribution < 1.29 is 34.0 Å². The first-order valence-corrected chi connectivity index (χ1v) is 13.3. The molecule has 1 aliphatic rings. The molecule has 3 rings (SSSR count). The van der Waals surface area contributed by atoms with Gasteiger partial charge in [0, 0.05) is 30.6 Å². The molecule has 0 aliphatic heterocycles. The Bertz CT molecular complexity index is 1030.